The summed E-state index contributed by atoms with van der Waals surface area (Å²) in [6.07, 6.45) is 2.99. The lowest BCUT2D eigenvalue weighted by molar-refractivity contribution is 0.313. The predicted octanol–water partition coefficient (Wildman–Crippen LogP) is 1.45. The summed E-state index contributed by atoms with van der Waals surface area (Å²) < 4.78 is 22.0. The van der Waals surface area contributed by atoms with Crippen LogP contribution in [-0.2, 0) is 9.84 Å². The maximum absolute atomic E-state index is 11.0. The third-order valence-corrected chi connectivity index (χ3v) is 3.08. The molecule has 4 heteroatoms. The van der Waals surface area contributed by atoms with E-state index in [4.69, 9.17) is 0 Å². The molecule has 0 aliphatic heterocycles. The lowest BCUT2D eigenvalue weighted by Gasteiger charge is -2.25. The van der Waals surface area contributed by atoms with Crippen molar-refractivity contribution in [3.8, 4) is 0 Å². The number of sulfone groups is 1. The molecule has 0 amide bonds. The van der Waals surface area contributed by atoms with Gasteiger partial charge in [-0.25, -0.2) is 8.42 Å². The summed E-state index contributed by atoms with van der Waals surface area (Å²) in [6.45, 7) is 6.49. The van der Waals surface area contributed by atoms with E-state index in [0.717, 1.165) is 6.42 Å². The van der Waals surface area contributed by atoms with Crippen molar-refractivity contribution in [2.24, 2.45) is 5.41 Å². The summed E-state index contributed by atoms with van der Waals surface area (Å²) in [7, 11) is -0.937. The van der Waals surface area contributed by atoms with Crippen molar-refractivity contribution in [2.75, 3.05) is 19.1 Å². The van der Waals surface area contributed by atoms with E-state index in [-0.39, 0.29) is 11.2 Å². The van der Waals surface area contributed by atoms with Crippen molar-refractivity contribution in [3.05, 3.63) is 0 Å². The van der Waals surface area contributed by atoms with Gasteiger partial charge in [-0.2, -0.15) is 0 Å². The first-order chi connectivity index (χ1) is 6.14. The van der Waals surface area contributed by atoms with Crippen molar-refractivity contribution >= 4 is 9.84 Å². The second-order valence-corrected chi connectivity index (χ2v) is 7.43. The molecule has 0 saturated carbocycles. The van der Waals surface area contributed by atoms with E-state index in [9.17, 15) is 8.42 Å². The van der Waals surface area contributed by atoms with Crippen LogP contribution in [0.4, 0.5) is 0 Å². The van der Waals surface area contributed by atoms with Crippen LogP contribution < -0.4 is 5.32 Å². The van der Waals surface area contributed by atoms with Gasteiger partial charge >= 0.3 is 0 Å². The lowest BCUT2D eigenvalue weighted by Crippen LogP contribution is -2.31. The Morgan fingerprint density at radius 2 is 1.79 bits per heavy atom. The molecular formula is C10H23NO2S. The van der Waals surface area contributed by atoms with Crippen LogP contribution >= 0.6 is 0 Å². The van der Waals surface area contributed by atoms with E-state index in [2.05, 4.69) is 26.1 Å². The Morgan fingerprint density at radius 3 is 2.07 bits per heavy atom. The minimum absolute atomic E-state index is 0.241. The Kier molecular flexibility index (Phi) is 5.09. The summed E-state index contributed by atoms with van der Waals surface area (Å²) in [5.74, 6) is 0.272. The zero-order chi connectivity index (χ0) is 11.4. The largest absolute Gasteiger partial charge is 0.317 e. The fraction of sp³-hybridized carbons (Fsp3) is 1.00. The Bertz CT molecular complexity index is 252. The van der Waals surface area contributed by atoms with Gasteiger partial charge in [0.1, 0.15) is 9.84 Å². The second kappa shape index (κ2) is 5.12. The lowest BCUT2D eigenvalue weighted by atomic mass is 9.87. The third kappa shape index (κ3) is 8.51. The number of rotatable bonds is 5. The highest BCUT2D eigenvalue weighted by Gasteiger charge is 2.18. The van der Waals surface area contributed by atoms with Gasteiger partial charge in [0.2, 0.25) is 0 Å². The van der Waals surface area contributed by atoms with Gasteiger partial charge in [0.25, 0.3) is 0 Å². The summed E-state index contributed by atoms with van der Waals surface area (Å²) in [6, 6.07) is 0.296. The van der Waals surface area contributed by atoms with Gasteiger partial charge in [-0.05, 0) is 25.3 Å². The molecule has 0 rings (SSSR count). The van der Waals surface area contributed by atoms with Crippen LogP contribution in [0.25, 0.3) is 0 Å². The van der Waals surface area contributed by atoms with Gasteiger partial charge < -0.3 is 5.32 Å². The standard InChI is InChI=1S/C10H23NO2S/c1-10(2,3)8-9(11-4)6-7-14(5,12)13/h9,11H,6-8H2,1-5H3. The molecule has 1 atom stereocenters. The van der Waals surface area contributed by atoms with Crippen molar-refractivity contribution in [3.63, 3.8) is 0 Å². The first kappa shape index (κ1) is 13.9. The van der Waals surface area contributed by atoms with Crippen molar-refractivity contribution in [1.29, 1.82) is 0 Å². The highest BCUT2D eigenvalue weighted by Crippen LogP contribution is 2.22. The predicted molar refractivity (Wildman–Crippen MR) is 61.2 cm³/mol. The van der Waals surface area contributed by atoms with Crippen LogP contribution in [-0.4, -0.2) is 33.5 Å². The van der Waals surface area contributed by atoms with E-state index < -0.39 is 9.84 Å². The zero-order valence-electron chi connectivity index (χ0n) is 9.92. The summed E-state index contributed by atoms with van der Waals surface area (Å²) in [5.41, 5.74) is 0.241. The van der Waals surface area contributed by atoms with Gasteiger partial charge in [0, 0.05) is 12.3 Å². The normalized spacial score (nSPS) is 15.5. The minimum atomic E-state index is -2.82. The van der Waals surface area contributed by atoms with Gasteiger partial charge in [0.05, 0.1) is 5.75 Å². The van der Waals surface area contributed by atoms with E-state index in [1.807, 2.05) is 7.05 Å². The molecule has 0 fully saturated rings. The Hall–Kier alpha value is -0.0900. The maximum atomic E-state index is 11.0. The van der Waals surface area contributed by atoms with Gasteiger partial charge in [-0.1, -0.05) is 20.8 Å². The molecule has 1 unspecified atom stereocenters. The Balaban J connectivity index is 4.05. The molecule has 1 N–H and O–H groups in total. The molecule has 0 aliphatic carbocycles. The van der Waals surface area contributed by atoms with Crippen LogP contribution in [0.1, 0.15) is 33.6 Å². The molecular weight excluding hydrogens is 198 g/mol. The van der Waals surface area contributed by atoms with Crippen molar-refractivity contribution in [1.82, 2.24) is 5.32 Å². The van der Waals surface area contributed by atoms with E-state index >= 15 is 0 Å². The Morgan fingerprint density at radius 1 is 1.29 bits per heavy atom. The summed E-state index contributed by atoms with van der Waals surface area (Å²) in [4.78, 5) is 0. The van der Waals surface area contributed by atoms with Gasteiger partial charge in [0.15, 0.2) is 0 Å². The van der Waals surface area contributed by atoms with E-state index in [1.165, 1.54) is 6.26 Å². The fourth-order valence-corrected chi connectivity index (χ4v) is 2.16. The van der Waals surface area contributed by atoms with Crippen LogP contribution in [0.15, 0.2) is 0 Å². The molecule has 0 heterocycles. The third-order valence-electron chi connectivity index (χ3n) is 2.10. The van der Waals surface area contributed by atoms with Crippen LogP contribution in [0, 0.1) is 5.41 Å². The first-order valence-corrected chi connectivity index (χ1v) is 7.05. The van der Waals surface area contributed by atoms with Gasteiger partial charge in [-0.15, -0.1) is 0 Å². The number of hydrogen-bond donors (Lipinski definition) is 1. The second-order valence-electron chi connectivity index (χ2n) is 5.17. The van der Waals surface area contributed by atoms with Gasteiger partial charge in [-0.3, -0.25) is 0 Å². The van der Waals surface area contributed by atoms with E-state index in [0.29, 0.717) is 12.5 Å². The monoisotopic (exact) mass is 221 g/mol. The smallest absolute Gasteiger partial charge is 0.147 e. The molecule has 0 radical (unpaired) electrons. The first-order valence-electron chi connectivity index (χ1n) is 4.99. The molecule has 0 saturated heterocycles. The molecule has 0 aromatic rings. The molecule has 0 spiro atoms. The topological polar surface area (TPSA) is 46.2 Å². The highest BCUT2D eigenvalue weighted by atomic mass is 32.2. The number of hydrogen-bond acceptors (Lipinski definition) is 3. The summed E-state index contributed by atoms with van der Waals surface area (Å²) in [5, 5.41) is 3.17. The fourth-order valence-electron chi connectivity index (χ4n) is 1.44. The molecule has 0 aromatic heterocycles. The summed E-state index contributed by atoms with van der Waals surface area (Å²) >= 11 is 0. The van der Waals surface area contributed by atoms with Crippen molar-refractivity contribution in [2.45, 2.75) is 39.7 Å². The number of nitrogens with one attached hydrogen (secondary N) is 1. The molecule has 0 bridgehead atoms. The quantitative estimate of drug-likeness (QED) is 0.764. The molecule has 0 aromatic carbocycles. The van der Waals surface area contributed by atoms with Crippen LogP contribution in [0.2, 0.25) is 0 Å². The minimum Gasteiger partial charge on any atom is -0.317 e. The average Bonchev–Trinajstić information content (AvgIpc) is 1.94. The average molecular weight is 221 g/mol. The van der Waals surface area contributed by atoms with Crippen LogP contribution in [0.5, 0.6) is 0 Å². The van der Waals surface area contributed by atoms with Crippen LogP contribution in [0.3, 0.4) is 0 Å². The molecule has 0 aliphatic rings. The highest BCUT2D eigenvalue weighted by molar-refractivity contribution is 7.90. The SMILES string of the molecule is CNC(CCS(C)(=O)=O)CC(C)(C)C. The van der Waals surface area contributed by atoms with Crippen molar-refractivity contribution < 1.29 is 8.42 Å². The molecule has 14 heavy (non-hydrogen) atoms. The molecule has 86 valence electrons. The zero-order valence-corrected chi connectivity index (χ0v) is 10.7. The Labute approximate surface area is 88.2 Å². The molecule has 3 nitrogen and oxygen atoms in total. The maximum Gasteiger partial charge on any atom is 0.147 e. The van der Waals surface area contributed by atoms with E-state index in [1.54, 1.807) is 0 Å².